The first-order chi connectivity index (χ1) is 4.63. The molecular weight excluding hydrogens is 126 g/mol. The molecule has 1 aromatic rings. The van der Waals surface area contributed by atoms with Crippen molar-refractivity contribution in [3.63, 3.8) is 0 Å². The molecule has 1 heterocycles. The van der Waals surface area contributed by atoms with E-state index in [0.29, 0.717) is 0 Å². The van der Waals surface area contributed by atoms with Gasteiger partial charge in [0, 0.05) is 14.1 Å². The van der Waals surface area contributed by atoms with E-state index in [1.165, 1.54) is 5.69 Å². The molecule has 0 aliphatic heterocycles. The van der Waals surface area contributed by atoms with Crippen molar-refractivity contribution < 1.29 is 0 Å². The highest BCUT2D eigenvalue weighted by Gasteiger charge is 2.01. The van der Waals surface area contributed by atoms with Gasteiger partial charge < -0.3 is 5.01 Å². The molecule has 0 aliphatic carbocycles. The number of aromatic nitrogens is 2. The fraction of sp³-hybridized carbons (Fsp3) is 0.571. The fourth-order valence-corrected chi connectivity index (χ4v) is 1.16. The van der Waals surface area contributed by atoms with Crippen molar-refractivity contribution in [2.45, 2.75) is 13.8 Å². The Balaban J connectivity index is 3.10. The molecule has 0 spiro atoms. The second kappa shape index (κ2) is 2.33. The predicted octanol–water partition coefficient (Wildman–Crippen LogP) is 0.698. The summed E-state index contributed by atoms with van der Waals surface area (Å²) in [6, 6.07) is 0. The van der Waals surface area contributed by atoms with Gasteiger partial charge in [0.05, 0.1) is 11.9 Å². The zero-order valence-electron chi connectivity index (χ0n) is 6.92. The first kappa shape index (κ1) is 7.12. The van der Waals surface area contributed by atoms with E-state index in [9.17, 15) is 0 Å². The van der Waals surface area contributed by atoms with Crippen molar-refractivity contribution >= 4 is 0 Å². The number of rotatable bonds is 1. The second-order valence-electron chi connectivity index (χ2n) is 2.61. The van der Waals surface area contributed by atoms with Crippen LogP contribution in [0.5, 0.6) is 0 Å². The summed E-state index contributed by atoms with van der Waals surface area (Å²) in [5, 5.41) is 2.01. The zero-order valence-corrected chi connectivity index (χ0v) is 6.92. The average Bonchev–Trinajstić information content (AvgIpc) is 2.11. The van der Waals surface area contributed by atoms with Crippen LogP contribution in [0.3, 0.4) is 0 Å². The summed E-state index contributed by atoms with van der Waals surface area (Å²) >= 11 is 0. The van der Waals surface area contributed by atoms with Crippen LogP contribution in [0.15, 0.2) is 6.20 Å². The van der Waals surface area contributed by atoms with Crippen molar-refractivity contribution in [2.75, 3.05) is 19.1 Å². The second-order valence-corrected chi connectivity index (χ2v) is 2.61. The molecular formula is C7H13N3. The van der Waals surface area contributed by atoms with Crippen LogP contribution in [0.2, 0.25) is 0 Å². The molecule has 1 aromatic heterocycles. The molecule has 0 fully saturated rings. The Bertz CT molecular complexity index is 205. The molecule has 0 saturated heterocycles. The number of imidazole rings is 1. The molecule has 56 valence electrons. The van der Waals surface area contributed by atoms with Gasteiger partial charge in [0.25, 0.3) is 0 Å². The van der Waals surface area contributed by atoms with Gasteiger partial charge in [0.15, 0.2) is 0 Å². The Morgan fingerprint density at radius 2 is 2.00 bits per heavy atom. The molecule has 0 atom stereocenters. The van der Waals surface area contributed by atoms with E-state index >= 15 is 0 Å². The van der Waals surface area contributed by atoms with Gasteiger partial charge in [-0.2, -0.15) is 0 Å². The van der Waals surface area contributed by atoms with Gasteiger partial charge in [-0.15, -0.1) is 0 Å². The Hall–Kier alpha value is -0.990. The van der Waals surface area contributed by atoms with E-state index in [4.69, 9.17) is 0 Å². The van der Waals surface area contributed by atoms with E-state index in [1.54, 1.807) is 0 Å². The molecule has 0 amide bonds. The van der Waals surface area contributed by atoms with Crippen LogP contribution >= 0.6 is 0 Å². The Morgan fingerprint density at radius 1 is 1.40 bits per heavy atom. The molecule has 0 bridgehead atoms. The minimum absolute atomic E-state index is 1.03. The highest BCUT2D eigenvalue weighted by molar-refractivity contribution is 5.05. The van der Waals surface area contributed by atoms with Crippen LogP contribution in [0.25, 0.3) is 0 Å². The van der Waals surface area contributed by atoms with E-state index in [-0.39, 0.29) is 0 Å². The molecule has 0 radical (unpaired) electrons. The summed E-state index contributed by atoms with van der Waals surface area (Å²) in [6.45, 7) is 4.03. The summed E-state index contributed by atoms with van der Waals surface area (Å²) in [4.78, 5) is 4.16. The topological polar surface area (TPSA) is 21.1 Å². The lowest BCUT2D eigenvalue weighted by Gasteiger charge is -2.17. The number of aryl methyl sites for hydroxylation is 2. The highest BCUT2D eigenvalue weighted by Crippen LogP contribution is 2.00. The first-order valence-corrected chi connectivity index (χ1v) is 3.31. The maximum Gasteiger partial charge on any atom is 0.124 e. The minimum Gasteiger partial charge on any atom is -0.318 e. The molecule has 0 unspecified atom stereocenters. The minimum atomic E-state index is 1.03. The molecule has 0 aromatic carbocycles. The van der Waals surface area contributed by atoms with Crippen molar-refractivity contribution in [1.29, 1.82) is 0 Å². The number of hydrogen-bond donors (Lipinski definition) is 0. The lowest BCUT2D eigenvalue weighted by molar-refractivity contribution is 0.684. The van der Waals surface area contributed by atoms with Gasteiger partial charge in [0.1, 0.15) is 5.82 Å². The fourth-order valence-electron chi connectivity index (χ4n) is 1.16. The van der Waals surface area contributed by atoms with Crippen LogP contribution in [0.1, 0.15) is 11.5 Å². The van der Waals surface area contributed by atoms with E-state index in [2.05, 4.69) is 9.66 Å². The zero-order chi connectivity index (χ0) is 7.72. The SMILES string of the molecule is Cc1cnc(C)n1N(C)C. The normalized spacial score (nSPS) is 10.0. The lowest BCUT2D eigenvalue weighted by Crippen LogP contribution is -2.26. The standard InChI is InChI=1S/C7H13N3/c1-6-5-8-7(2)10(6)9(3)4/h5H,1-4H3. The average molecular weight is 139 g/mol. The molecule has 0 saturated carbocycles. The van der Waals surface area contributed by atoms with Gasteiger partial charge in [-0.05, 0) is 13.8 Å². The third kappa shape index (κ3) is 0.988. The third-order valence-electron chi connectivity index (χ3n) is 1.48. The van der Waals surface area contributed by atoms with Crippen molar-refractivity contribution in [1.82, 2.24) is 9.66 Å². The number of nitrogens with zero attached hydrogens (tertiary/aromatic N) is 3. The Labute approximate surface area is 61.3 Å². The number of hydrogen-bond acceptors (Lipinski definition) is 2. The Morgan fingerprint density at radius 3 is 2.20 bits per heavy atom. The lowest BCUT2D eigenvalue weighted by atomic mass is 10.5. The third-order valence-corrected chi connectivity index (χ3v) is 1.48. The predicted molar refractivity (Wildman–Crippen MR) is 41.8 cm³/mol. The molecule has 0 N–H and O–H groups in total. The summed E-state index contributed by atoms with van der Waals surface area (Å²) in [5.41, 5.74) is 1.17. The quantitative estimate of drug-likeness (QED) is 0.571. The van der Waals surface area contributed by atoms with Gasteiger partial charge >= 0.3 is 0 Å². The van der Waals surface area contributed by atoms with Gasteiger partial charge in [-0.3, -0.25) is 0 Å². The molecule has 3 nitrogen and oxygen atoms in total. The summed E-state index contributed by atoms with van der Waals surface area (Å²) in [6.07, 6.45) is 1.87. The molecule has 1 rings (SSSR count). The van der Waals surface area contributed by atoms with Gasteiger partial charge in [-0.1, -0.05) is 0 Å². The summed E-state index contributed by atoms with van der Waals surface area (Å²) in [5.74, 6) is 1.03. The van der Waals surface area contributed by atoms with Crippen LogP contribution < -0.4 is 5.01 Å². The molecule has 0 aliphatic rings. The maximum atomic E-state index is 4.16. The monoisotopic (exact) mass is 139 g/mol. The van der Waals surface area contributed by atoms with E-state index in [0.717, 1.165) is 5.82 Å². The largest absolute Gasteiger partial charge is 0.318 e. The first-order valence-electron chi connectivity index (χ1n) is 3.31. The highest BCUT2D eigenvalue weighted by atomic mass is 15.5. The van der Waals surface area contributed by atoms with Gasteiger partial charge in [-0.25, -0.2) is 9.66 Å². The van der Waals surface area contributed by atoms with Crippen LogP contribution in [0.4, 0.5) is 0 Å². The van der Waals surface area contributed by atoms with E-state index in [1.807, 2.05) is 39.1 Å². The van der Waals surface area contributed by atoms with Crippen LogP contribution in [0, 0.1) is 13.8 Å². The van der Waals surface area contributed by atoms with Crippen LogP contribution in [-0.2, 0) is 0 Å². The molecule has 3 heteroatoms. The smallest absolute Gasteiger partial charge is 0.124 e. The van der Waals surface area contributed by atoms with E-state index < -0.39 is 0 Å². The summed E-state index contributed by atoms with van der Waals surface area (Å²) < 4.78 is 2.06. The van der Waals surface area contributed by atoms with Gasteiger partial charge in [0.2, 0.25) is 0 Å². The summed E-state index contributed by atoms with van der Waals surface area (Å²) in [7, 11) is 4.00. The van der Waals surface area contributed by atoms with Crippen molar-refractivity contribution in [2.24, 2.45) is 0 Å². The maximum absolute atomic E-state index is 4.16. The van der Waals surface area contributed by atoms with Crippen molar-refractivity contribution in [3.05, 3.63) is 17.7 Å². The Kier molecular flexibility index (Phi) is 1.66. The van der Waals surface area contributed by atoms with Crippen molar-refractivity contribution in [3.8, 4) is 0 Å². The van der Waals surface area contributed by atoms with Crippen LogP contribution in [-0.4, -0.2) is 23.8 Å². The molecule has 10 heavy (non-hydrogen) atoms.